The third-order valence-electron chi connectivity index (χ3n) is 3.36. The van der Waals surface area contributed by atoms with E-state index in [1.54, 1.807) is 4.90 Å². The van der Waals surface area contributed by atoms with Gasteiger partial charge in [0.25, 0.3) is 5.91 Å². The lowest BCUT2D eigenvalue weighted by atomic mass is 10.1. The number of thiocarbonyl (C=S) groups is 1. The van der Waals surface area contributed by atoms with E-state index >= 15 is 0 Å². The first-order valence-electron chi connectivity index (χ1n) is 6.56. The van der Waals surface area contributed by atoms with Gasteiger partial charge in [0.05, 0.1) is 12.2 Å². The number of hydrogen-bond donors (Lipinski definition) is 1. The van der Waals surface area contributed by atoms with Crippen molar-refractivity contribution in [1.29, 1.82) is 0 Å². The molecule has 1 aliphatic heterocycles. The molecule has 0 unspecified atom stereocenters. The van der Waals surface area contributed by atoms with Crippen molar-refractivity contribution in [2.24, 2.45) is 5.73 Å². The molecule has 0 radical (unpaired) electrons. The van der Waals surface area contributed by atoms with Gasteiger partial charge in [0.1, 0.15) is 10.7 Å². The molecule has 5 heteroatoms. The zero-order chi connectivity index (χ0) is 14.8. The Labute approximate surface area is 128 Å². The van der Waals surface area contributed by atoms with Crippen molar-refractivity contribution in [2.45, 2.75) is 6.54 Å². The Balaban J connectivity index is 1.92. The molecule has 3 rings (SSSR count). The van der Waals surface area contributed by atoms with Crippen LogP contribution in [0.5, 0.6) is 5.75 Å². The van der Waals surface area contributed by atoms with E-state index in [2.05, 4.69) is 0 Å². The van der Waals surface area contributed by atoms with Crippen LogP contribution < -0.4 is 15.4 Å². The van der Waals surface area contributed by atoms with Crippen LogP contribution in [0.25, 0.3) is 0 Å². The minimum absolute atomic E-state index is 0.0607. The van der Waals surface area contributed by atoms with E-state index in [0.29, 0.717) is 11.5 Å². The summed E-state index contributed by atoms with van der Waals surface area (Å²) < 4.78 is 5.43. The van der Waals surface area contributed by atoms with Crippen LogP contribution in [0, 0.1) is 0 Å². The van der Waals surface area contributed by atoms with Gasteiger partial charge < -0.3 is 15.4 Å². The summed E-state index contributed by atoms with van der Waals surface area (Å²) in [6.07, 6.45) is 0. The highest BCUT2D eigenvalue weighted by Crippen LogP contribution is 2.32. The van der Waals surface area contributed by atoms with E-state index in [9.17, 15) is 4.79 Å². The molecule has 0 saturated heterocycles. The maximum Gasteiger partial charge on any atom is 0.265 e. The van der Waals surface area contributed by atoms with E-state index < -0.39 is 0 Å². The predicted octanol–water partition coefficient (Wildman–Crippen LogP) is 2.25. The molecular formula is C16H14N2O2S. The van der Waals surface area contributed by atoms with Crippen molar-refractivity contribution in [1.82, 2.24) is 0 Å². The minimum atomic E-state index is -0.0607. The molecule has 2 N–H and O–H groups in total. The summed E-state index contributed by atoms with van der Waals surface area (Å²) in [5.74, 6) is 0.664. The first kappa shape index (κ1) is 13.6. The molecule has 106 valence electrons. The number of rotatable bonds is 3. The normalized spacial score (nSPS) is 13.5. The van der Waals surface area contributed by atoms with Crippen LogP contribution in [0.1, 0.15) is 11.1 Å². The Kier molecular flexibility index (Phi) is 3.58. The van der Waals surface area contributed by atoms with Crippen LogP contribution >= 0.6 is 12.2 Å². The zero-order valence-electron chi connectivity index (χ0n) is 11.3. The molecule has 4 nitrogen and oxygen atoms in total. The van der Waals surface area contributed by atoms with Gasteiger partial charge in [-0.25, -0.2) is 0 Å². The number of nitrogens with zero attached hydrogens (tertiary/aromatic N) is 1. The van der Waals surface area contributed by atoms with Gasteiger partial charge in [-0.3, -0.25) is 4.79 Å². The fourth-order valence-corrected chi connectivity index (χ4v) is 2.46. The molecule has 0 atom stereocenters. The lowest BCUT2D eigenvalue weighted by Gasteiger charge is -2.29. The number of ether oxygens (including phenoxy) is 1. The standard InChI is InChI=1S/C16H14N2O2S/c17-16(21)12-5-3-4-11(8-12)9-18-13-6-1-2-7-14(13)20-10-15(18)19/h1-8H,9-10H2,(H2,17,21). The minimum Gasteiger partial charge on any atom is -0.482 e. The highest BCUT2D eigenvalue weighted by Gasteiger charge is 2.25. The average Bonchev–Trinajstić information content (AvgIpc) is 2.50. The molecule has 1 amide bonds. The van der Waals surface area contributed by atoms with Crippen LogP contribution in [0.3, 0.4) is 0 Å². The molecule has 0 spiro atoms. The summed E-state index contributed by atoms with van der Waals surface area (Å²) >= 11 is 4.99. The number of benzene rings is 2. The summed E-state index contributed by atoms with van der Waals surface area (Å²) in [6.45, 7) is 0.529. The van der Waals surface area contributed by atoms with Gasteiger partial charge in [-0.1, -0.05) is 42.5 Å². The number of fused-ring (bicyclic) bond motifs is 1. The van der Waals surface area contributed by atoms with Crippen LogP contribution in [0.15, 0.2) is 48.5 Å². The van der Waals surface area contributed by atoms with E-state index in [4.69, 9.17) is 22.7 Å². The second kappa shape index (κ2) is 5.54. The molecular weight excluding hydrogens is 284 g/mol. The third kappa shape index (κ3) is 2.73. The monoisotopic (exact) mass is 298 g/mol. The van der Waals surface area contributed by atoms with Gasteiger partial charge in [0.15, 0.2) is 6.61 Å². The number of amides is 1. The van der Waals surface area contributed by atoms with E-state index in [1.807, 2.05) is 48.5 Å². The molecule has 0 aliphatic carbocycles. The van der Waals surface area contributed by atoms with E-state index in [0.717, 1.165) is 22.6 Å². The molecule has 0 fully saturated rings. The Morgan fingerprint density at radius 3 is 2.86 bits per heavy atom. The third-order valence-corrected chi connectivity index (χ3v) is 3.60. The number of carbonyl (C=O) groups is 1. The topological polar surface area (TPSA) is 55.6 Å². The summed E-state index contributed by atoms with van der Waals surface area (Å²) in [5.41, 5.74) is 8.22. The number of hydrogen-bond acceptors (Lipinski definition) is 3. The maximum atomic E-state index is 12.1. The maximum absolute atomic E-state index is 12.1. The van der Waals surface area contributed by atoms with Crippen molar-refractivity contribution >= 4 is 28.8 Å². The SMILES string of the molecule is NC(=S)c1cccc(CN2C(=O)COc3ccccc32)c1. The number of nitrogens with two attached hydrogens (primary N) is 1. The second-order valence-corrected chi connectivity index (χ2v) is 5.24. The van der Waals surface area contributed by atoms with Crippen LogP contribution in [0.2, 0.25) is 0 Å². The summed E-state index contributed by atoms with van der Waals surface area (Å²) in [7, 11) is 0. The van der Waals surface area contributed by atoms with Gasteiger partial charge in [0, 0.05) is 5.56 Å². The lowest BCUT2D eigenvalue weighted by Crippen LogP contribution is -2.38. The van der Waals surface area contributed by atoms with E-state index in [-0.39, 0.29) is 12.5 Å². The van der Waals surface area contributed by atoms with Crippen molar-refractivity contribution < 1.29 is 9.53 Å². The van der Waals surface area contributed by atoms with Crippen LogP contribution in [-0.4, -0.2) is 17.5 Å². The molecule has 2 aromatic rings. The van der Waals surface area contributed by atoms with Crippen molar-refractivity contribution in [3.8, 4) is 5.75 Å². The van der Waals surface area contributed by atoms with Crippen LogP contribution in [-0.2, 0) is 11.3 Å². The Bertz CT molecular complexity index is 715. The largest absolute Gasteiger partial charge is 0.482 e. The van der Waals surface area contributed by atoms with E-state index in [1.165, 1.54) is 0 Å². The van der Waals surface area contributed by atoms with Crippen molar-refractivity contribution in [3.63, 3.8) is 0 Å². The highest BCUT2D eigenvalue weighted by atomic mass is 32.1. The highest BCUT2D eigenvalue weighted by molar-refractivity contribution is 7.80. The average molecular weight is 298 g/mol. The van der Waals surface area contributed by atoms with Crippen molar-refractivity contribution in [2.75, 3.05) is 11.5 Å². The first-order valence-corrected chi connectivity index (χ1v) is 6.97. The molecule has 0 aromatic heterocycles. The molecule has 1 heterocycles. The quantitative estimate of drug-likeness (QED) is 0.883. The molecule has 1 aliphatic rings. The number of para-hydroxylation sites is 2. The second-order valence-electron chi connectivity index (χ2n) is 4.80. The summed E-state index contributed by atoms with van der Waals surface area (Å²) in [4.78, 5) is 14.2. The smallest absolute Gasteiger partial charge is 0.265 e. The Morgan fingerprint density at radius 1 is 1.24 bits per heavy atom. The van der Waals surface area contributed by atoms with Gasteiger partial charge in [-0.2, -0.15) is 0 Å². The Hall–Kier alpha value is -2.40. The predicted molar refractivity (Wildman–Crippen MR) is 85.5 cm³/mol. The number of anilines is 1. The number of carbonyl (C=O) groups excluding carboxylic acids is 1. The summed E-state index contributed by atoms with van der Waals surface area (Å²) in [6, 6.07) is 15.1. The molecule has 0 bridgehead atoms. The van der Waals surface area contributed by atoms with Gasteiger partial charge in [-0.05, 0) is 23.8 Å². The zero-order valence-corrected chi connectivity index (χ0v) is 12.1. The Morgan fingerprint density at radius 2 is 2.05 bits per heavy atom. The van der Waals surface area contributed by atoms with Crippen molar-refractivity contribution in [3.05, 3.63) is 59.7 Å². The summed E-state index contributed by atoms with van der Waals surface area (Å²) in [5, 5.41) is 0. The van der Waals surface area contributed by atoms with Gasteiger partial charge >= 0.3 is 0 Å². The van der Waals surface area contributed by atoms with Crippen LogP contribution in [0.4, 0.5) is 5.69 Å². The van der Waals surface area contributed by atoms with Gasteiger partial charge in [0.2, 0.25) is 0 Å². The fraction of sp³-hybridized carbons (Fsp3) is 0.125. The van der Waals surface area contributed by atoms with Gasteiger partial charge in [-0.15, -0.1) is 0 Å². The molecule has 21 heavy (non-hydrogen) atoms. The molecule has 0 saturated carbocycles. The fourth-order valence-electron chi connectivity index (χ4n) is 2.33. The molecule has 2 aromatic carbocycles. The lowest BCUT2D eigenvalue weighted by molar-refractivity contribution is -0.121. The first-order chi connectivity index (χ1) is 10.1.